The summed E-state index contributed by atoms with van der Waals surface area (Å²) in [5.41, 5.74) is -0.177. The van der Waals surface area contributed by atoms with Crippen LogP contribution in [0.3, 0.4) is 0 Å². The van der Waals surface area contributed by atoms with Crippen molar-refractivity contribution in [2.75, 3.05) is 0 Å². The fraction of sp³-hybridized carbons (Fsp3) is 0.300. The predicted octanol–water partition coefficient (Wildman–Crippen LogP) is 2.28. The minimum atomic E-state index is -0.177. The number of aromatic amines is 1. The van der Waals surface area contributed by atoms with E-state index in [1.807, 2.05) is 24.6 Å². The van der Waals surface area contributed by atoms with Crippen LogP contribution in [-0.2, 0) is 0 Å². The van der Waals surface area contributed by atoms with E-state index < -0.39 is 0 Å². The number of H-pyrrole nitrogens is 1. The number of aryl methyl sites for hydroxylation is 1. The molecule has 6 heteroatoms. The van der Waals surface area contributed by atoms with Gasteiger partial charge in [-0.3, -0.25) is 9.78 Å². The number of nitrogens with one attached hydrogen (secondary N) is 1. The first-order chi connectivity index (χ1) is 7.58. The lowest BCUT2D eigenvalue weighted by Gasteiger charge is -2.12. The normalized spacial score (nSPS) is 12.6. The second-order valence-corrected chi connectivity index (χ2v) is 5.16. The lowest BCUT2D eigenvalue weighted by molar-refractivity contribution is 0.606. The number of rotatable bonds is 2. The zero-order valence-corrected chi connectivity index (χ0v) is 10.6. The van der Waals surface area contributed by atoms with Crippen molar-refractivity contribution in [3.63, 3.8) is 0 Å². The summed E-state index contributed by atoms with van der Waals surface area (Å²) in [6.45, 7) is 4.02. The van der Waals surface area contributed by atoms with E-state index in [2.05, 4.69) is 9.97 Å². The van der Waals surface area contributed by atoms with E-state index in [1.54, 1.807) is 17.5 Å². The summed E-state index contributed by atoms with van der Waals surface area (Å²) in [6.07, 6.45) is 3.54. The average Bonchev–Trinajstić information content (AvgIpc) is 2.64. The van der Waals surface area contributed by atoms with E-state index in [4.69, 9.17) is 12.2 Å². The summed E-state index contributed by atoms with van der Waals surface area (Å²) in [5, 5.41) is 0.987. The number of thiazole rings is 1. The highest BCUT2D eigenvalue weighted by molar-refractivity contribution is 7.71. The predicted molar refractivity (Wildman–Crippen MR) is 66.6 cm³/mol. The van der Waals surface area contributed by atoms with Gasteiger partial charge >= 0.3 is 0 Å². The summed E-state index contributed by atoms with van der Waals surface area (Å²) in [6, 6.07) is 1.51. The van der Waals surface area contributed by atoms with Gasteiger partial charge in [0.05, 0.1) is 6.04 Å². The highest BCUT2D eigenvalue weighted by Crippen LogP contribution is 2.22. The minimum Gasteiger partial charge on any atom is -0.315 e. The molecule has 0 saturated carbocycles. The molecule has 2 heterocycles. The summed E-state index contributed by atoms with van der Waals surface area (Å²) in [5.74, 6) is 0. The Kier molecular flexibility index (Phi) is 3.02. The number of hydrogen-bond acceptors (Lipinski definition) is 4. The van der Waals surface area contributed by atoms with Gasteiger partial charge in [0.15, 0.2) is 4.77 Å². The van der Waals surface area contributed by atoms with Crippen molar-refractivity contribution in [1.82, 2.24) is 14.5 Å². The van der Waals surface area contributed by atoms with Gasteiger partial charge in [-0.2, -0.15) is 0 Å². The summed E-state index contributed by atoms with van der Waals surface area (Å²) >= 11 is 6.74. The van der Waals surface area contributed by atoms with Crippen molar-refractivity contribution in [2.45, 2.75) is 19.9 Å². The van der Waals surface area contributed by atoms with Crippen molar-refractivity contribution < 1.29 is 0 Å². The Morgan fingerprint density at radius 2 is 2.38 bits per heavy atom. The van der Waals surface area contributed by atoms with Gasteiger partial charge in [0, 0.05) is 23.3 Å². The molecule has 84 valence electrons. The maximum atomic E-state index is 11.1. The monoisotopic (exact) mass is 253 g/mol. The molecule has 0 aliphatic heterocycles. The lowest BCUT2D eigenvalue weighted by Crippen LogP contribution is -2.14. The van der Waals surface area contributed by atoms with Gasteiger partial charge in [0.1, 0.15) is 5.01 Å². The number of hydrogen-bond donors (Lipinski definition) is 1. The first kappa shape index (κ1) is 11.2. The minimum absolute atomic E-state index is 0.0445. The van der Waals surface area contributed by atoms with Gasteiger partial charge in [0.2, 0.25) is 0 Å². The maximum Gasteiger partial charge on any atom is 0.251 e. The molecule has 2 aromatic heterocycles. The molecule has 0 amide bonds. The van der Waals surface area contributed by atoms with Crippen molar-refractivity contribution in [2.24, 2.45) is 0 Å². The number of aromatic nitrogens is 3. The van der Waals surface area contributed by atoms with E-state index in [1.165, 1.54) is 6.07 Å². The smallest absolute Gasteiger partial charge is 0.251 e. The Morgan fingerprint density at radius 3 is 2.94 bits per heavy atom. The van der Waals surface area contributed by atoms with E-state index >= 15 is 0 Å². The van der Waals surface area contributed by atoms with Crippen LogP contribution in [-0.4, -0.2) is 14.5 Å². The molecule has 0 spiro atoms. The van der Waals surface area contributed by atoms with Gasteiger partial charge in [-0.25, -0.2) is 4.98 Å². The van der Waals surface area contributed by atoms with E-state index in [-0.39, 0.29) is 11.6 Å². The van der Waals surface area contributed by atoms with Gasteiger partial charge < -0.3 is 4.57 Å². The van der Waals surface area contributed by atoms with E-state index in [0.717, 1.165) is 9.88 Å². The molecule has 0 radical (unpaired) electrons. The largest absolute Gasteiger partial charge is 0.315 e. The molecule has 0 saturated heterocycles. The van der Waals surface area contributed by atoms with Crippen LogP contribution < -0.4 is 5.56 Å². The van der Waals surface area contributed by atoms with Crippen LogP contribution in [0, 0.1) is 11.7 Å². The molecule has 1 atom stereocenters. The van der Waals surface area contributed by atoms with Gasteiger partial charge in [0.25, 0.3) is 5.56 Å². The third kappa shape index (κ3) is 2.12. The molecule has 1 unspecified atom stereocenters. The van der Waals surface area contributed by atoms with Gasteiger partial charge in [-0.05, 0) is 26.1 Å². The summed E-state index contributed by atoms with van der Waals surface area (Å²) in [4.78, 5) is 19.1. The molecular weight excluding hydrogens is 242 g/mol. The Hall–Kier alpha value is -1.27. The highest BCUT2D eigenvalue weighted by atomic mass is 32.1. The third-order valence-electron chi connectivity index (χ3n) is 2.26. The van der Waals surface area contributed by atoms with Crippen molar-refractivity contribution in [3.05, 3.63) is 43.5 Å². The molecule has 16 heavy (non-hydrogen) atoms. The number of nitrogens with zero attached hydrogens (tertiary/aromatic N) is 2. The van der Waals surface area contributed by atoms with Crippen LogP contribution in [0.1, 0.15) is 22.9 Å². The molecule has 0 bridgehead atoms. The average molecular weight is 253 g/mol. The summed E-state index contributed by atoms with van der Waals surface area (Å²) < 4.78 is 2.25. The van der Waals surface area contributed by atoms with Gasteiger partial charge in [-0.1, -0.05) is 0 Å². The lowest BCUT2D eigenvalue weighted by atomic mass is 10.3. The quantitative estimate of drug-likeness (QED) is 0.835. The summed E-state index contributed by atoms with van der Waals surface area (Å²) in [7, 11) is 0. The van der Waals surface area contributed by atoms with Crippen LogP contribution >= 0.6 is 23.6 Å². The molecule has 0 aromatic carbocycles. The van der Waals surface area contributed by atoms with Crippen molar-refractivity contribution >= 4 is 23.6 Å². The Labute approximate surface area is 102 Å². The molecule has 0 fully saturated rings. The highest BCUT2D eigenvalue weighted by Gasteiger charge is 2.11. The van der Waals surface area contributed by atoms with Crippen LogP contribution in [0.4, 0.5) is 0 Å². The standard InChI is InChI=1S/C10H11N3OS2/c1-6-5-11-9(16-6)7(2)13-4-3-8(14)12-10(13)15/h3-5,7H,1-2H3,(H,12,14,15). The van der Waals surface area contributed by atoms with Crippen molar-refractivity contribution in [3.8, 4) is 0 Å². The van der Waals surface area contributed by atoms with Crippen molar-refractivity contribution in [1.29, 1.82) is 0 Å². The maximum absolute atomic E-state index is 11.1. The zero-order chi connectivity index (χ0) is 11.7. The van der Waals surface area contributed by atoms with Crippen LogP contribution in [0.5, 0.6) is 0 Å². The Balaban J connectivity index is 2.45. The zero-order valence-electron chi connectivity index (χ0n) is 8.93. The third-order valence-corrected chi connectivity index (χ3v) is 3.66. The molecule has 2 rings (SSSR count). The van der Waals surface area contributed by atoms with E-state index in [0.29, 0.717) is 4.77 Å². The Morgan fingerprint density at radius 1 is 1.62 bits per heavy atom. The van der Waals surface area contributed by atoms with Gasteiger partial charge in [-0.15, -0.1) is 11.3 Å². The second kappa shape index (κ2) is 4.31. The molecule has 2 aromatic rings. The topological polar surface area (TPSA) is 50.7 Å². The first-order valence-corrected chi connectivity index (χ1v) is 6.04. The van der Waals surface area contributed by atoms with Crippen LogP contribution in [0.15, 0.2) is 23.3 Å². The fourth-order valence-electron chi connectivity index (χ4n) is 1.42. The molecule has 0 aliphatic carbocycles. The molecule has 1 N–H and O–H groups in total. The molecule has 4 nitrogen and oxygen atoms in total. The van der Waals surface area contributed by atoms with Crippen LogP contribution in [0.2, 0.25) is 0 Å². The Bertz CT molecular complexity index is 611. The molecular formula is C10H11N3OS2. The fourth-order valence-corrected chi connectivity index (χ4v) is 2.56. The second-order valence-electron chi connectivity index (χ2n) is 3.50. The molecule has 0 aliphatic rings. The first-order valence-electron chi connectivity index (χ1n) is 4.82. The van der Waals surface area contributed by atoms with E-state index in [9.17, 15) is 4.79 Å². The SMILES string of the molecule is Cc1cnc(C(C)n2ccc(=O)[nH]c2=S)s1. The van der Waals surface area contributed by atoms with Crippen LogP contribution in [0.25, 0.3) is 0 Å².